The Morgan fingerprint density at radius 2 is 1.75 bits per heavy atom. The van der Waals surface area contributed by atoms with E-state index in [0.717, 1.165) is 0 Å². The second kappa shape index (κ2) is 8.86. The Labute approximate surface area is 139 Å². The topological polar surface area (TPSA) is 47.6 Å². The Kier molecular flexibility index (Phi) is 6.54. The summed E-state index contributed by atoms with van der Waals surface area (Å²) in [4.78, 5) is 12.1. The summed E-state index contributed by atoms with van der Waals surface area (Å²) in [6, 6.07) is 14.9. The number of amides is 1. The number of hydrogen-bond acceptors (Lipinski definition) is 3. The van der Waals surface area contributed by atoms with E-state index in [1.807, 2.05) is 13.0 Å². The van der Waals surface area contributed by atoms with Gasteiger partial charge in [0.2, 0.25) is 0 Å². The number of nitrogens with one attached hydrogen (secondary N) is 1. The molecule has 0 aliphatic carbocycles. The summed E-state index contributed by atoms with van der Waals surface area (Å²) in [7, 11) is 0. The maximum Gasteiger partial charge on any atom is 0.387 e. The van der Waals surface area contributed by atoms with E-state index in [1.54, 1.807) is 42.5 Å². The maximum absolute atomic E-state index is 12.5. The largest absolute Gasteiger partial charge is 0.484 e. The van der Waals surface area contributed by atoms with Gasteiger partial charge in [-0.05, 0) is 24.6 Å². The molecule has 0 spiro atoms. The predicted octanol–water partition coefficient (Wildman–Crippen LogP) is 3.93. The van der Waals surface area contributed by atoms with Crippen LogP contribution in [0.5, 0.6) is 11.5 Å². The lowest BCUT2D eigenvalue weighted by Crippen LogP contribution is -2.32. The molecule has 128 valence electrons. The highest BCUT2D eigenvalue weighted by molar-refractivity contribution is 5.78. The Balaban J connectivity index is 2.00. The van der Waals surface area contributed by atoms with Crippen molar-refractivity contribution in [3.05, 3.63) is 60.2 Å². The molecular formula is C18H19F2NO3. The summed E-state index contributed by atoms with van der Waals surface area (Å²) in [6.45, 7) is -1.22. The first kappa shape index (κ1) is 17.7. The van der Waals surface area contributed by atoms with Crippen LogP contribution >= 0.6 is 0 Å². The number of alkyl halides is 2. The van der Waals surface area contributed by atoms with Crippen molar-refractivity contribution in [2.24, 2.45) is 0 Å². The minimum Gasteiger partial charge on any atom is -0.484 e. The zero-order chi connectivity index (χ0) is 17.4. The van der Waals surface area contributed by atoms with Crippen LogP contribution in [0.3, 0.4) is 0 Å². The predicted molar refractivity (Wildman–Crippen MR) is 86.2 cm³/mol. The number of carbonyl (C=O) groups excluding carboxylic acids is 1. The zero-order valence-electron chi connectivity index (χ0n) is 13.2. The molecular weight excluding hydrogens is 316 g/mol. The van der Waals surface area contributed by atoms with Crippen LogP contribution in [-0.2, 0) is 4.79 Å². The summed E-state index contributed by atoms with van der Waals surface area (Å²) >= 11 is 0. The van der Waals surface area contributed by atoms with Crippen LogP contribution in [0.4, 0.5) is 8.78 Å². The van der Waals surface area contributed by atoms with Gasteiger partial charge in [0, 0.05) is 5.56 Å². The molecule has 0 heterocycles. The van der Waals surface area contributed by atoms with Gasteiger partial charge in [0.25, 0.3) is 5.91 Å². The van der Waals surface area contributed by atoms with Gasteiger partial charge < -0.3 is 14.8 Å². The number of hydrogen-bond donors (Lipinski definition) is 1. The van der Waals surface area contributed by atoms with Crippen LogP contribution in [0, 0.1) is 0 Å². The van der Waals surface area contributed by atoms with E-state index in [1.165, 1.54) is 6.07 Å². The normalized spacial score (nSPS) is 11.8. The van der Waals surface area contributed by atoms with Gasteiger partial charge in [-0.15, -0.1) is 0 Å². The van der Waals surface area contributed by atoms with Crippen molar-refractivity contribution in [2.45, 2.75) is 26.0 Å². The highest BCUT2D eigenvalue weighted by Crippen LogP contribution is 2.28. The maximum atomic E-state index is 12.5. The first-order valence-electron chi connectivity index (χ1n) is 7.61. The number of carbonyl (C=O) groups is 1. The van der Waals surface area contributed by atoms with E-state index in [9.17, 15) is 13.6 Å². The molecule has 2 aromatic carbocycles. The summed E-state index contributed by atoms with van der Waals surface area (Å²) in [6.07, 6.45) is 0.528. The third-order valence-electron chi connectivity index (χ3n) is 3.37. The van der Waals surface area contributed by atoms with E-state index in [2.05, 4.69) is 10.1 Å². The van der Waals surface area contributed by atoms with Crippen molar-refractivity contribution in [3.63, 3.8) is 0 Å². The average Bonchev–Trinajstić information content (AvgIpc) is 2.59. The molecule has 1 amide bonds. The second-order valence-corrected chi connectivity index (χ2v) is 5.05. The molecule has 0 aromatic heterocycles. The van der Waals surface area contributed by atoms with Gasteiger partial charge in [0.1, 0.15) is 11.5 Å². The quantitative estimate of drug-likeness (QED) is 0.795. The lowest BCUT2D eigenvalue weighted by atomic mass is 10.0. The van der Waals surface area contributed by atoms with Crippen molar-refractivity contribution in [1.29, 1.82) is 0 Å². The molecule has 0 bridgehead atoms. The molecule has 0 radical (unpaired) electrons. The molecule has 0 saturated carbocycles. The summed E-state index contributed by atoms with van der Waals surface area (Å²) in [5.41, 5.74) is 0.508. The van der Waals surface area contributed by atoms with E-state index in [0.29, 0.717) is 17.7 Å². The third kappa shape index (κ3) is 5.22. The molecule has 24 heavy (non-hydrogen) atoms. The van der Waals surface area contributed by atoms with Gasteiger partial charge in [0.05, 0.1) is 6.04 Å². The van der Waals surface area contributed by atoms with Crippen LogP contribution in [0.25, 0.3) is 0 Å². The van der Waals surface area contributed by atoms with Crippen molar-refractivity contribution in [3.8, 4) is 11.5 Å². The Hall–Kier alpha value is -2.63. The molecule has 0 fully saturated rings. The first-order valence-corrected chi connectivity index (χ1v) is 7.61. The molecule has 0 aliphatic rings. The van der Waals surface area contributed by atoms with Crippen LogP contribution in [0.1, 0.15) is 24.9 Å². The highest BCUT2D eigenvalue weighted by Gasteiger charge is 2.18. The van der Waals surface area contributed by atoms with Gasteiger partial charge >= 0.3 is 6.61 Å². The van der Waals surface area contributed by atoms with Crippen molar-refractivity contribution >= 4 is 5.91 Å². The van der Waals surface area contributed by atoms with E-state index in [4.69, 9.17) is 4.74 Å². The van der Waals surface area contributed by atoms with E-state index in [-0.39, 0.29) is 18.3 Å². The minimum atomic E-state index is -2.92. The third-order valence-corrected chi connectivity index (χ3v) is 3.37. The summed E-state index contributed by atoms with van der Waals surface area (Å²) < 4.78 is 34.9. The Morgan fingerprint density at radius 1 is 1.08 bits per heavy atom. The molecule has 1 atom stereocenters. The molecule has 2 aromatic rings. The standard InChI is InChI=1S/C18H19F2NO3/c1-2-15(14-10-6-7-11-16(14)24-18(19)20)21-17(22)12-23-13-8-4-3-5-9-13/h3-11,15,18H,2,12H2,1H3,(H,21,22). The average molecular weight is 335 g/mol. The molecule has 0 saturated heterocycles. The SMILES string of the molecule is CCC(NC(=O)COc1ccccc1)c1ccccc1OC(F)F. The van der Waals surface area contributed by atoms with E-state index < -0.39 is 12.7 Å². The molecule has 4 nitrogen and oxygen atoms in total. The fourth-order valence-electron chi connectivity index (χ4n) is 2.27. The fourth-order valence-corrected chi connectivity index (χ4v) is 2.27. The molecule has 6 heteroatoms. The van der Waals surface area contributed by atoms with E-state index >= 15 is 0 Å². The van der Waals surface area contributed by atoms with Gasteiger partial charge in [0.15, 0.2) is 6.61 Å². The van der Waals surface area contributed by atoms with Gasteiger partial charge in [-0.25, -0.2) is 0 Å². The lowest BCUT2D eigenvalue weighted by Gasteiger charge is -2.20. The smallest absolute Gasteiger partial charge is 0.387 e. The number of para-hydroxylation sites is 2. The fraction of sp³-hybridized carbons (Fsp3) is 0.278. The van der Waals surface area contributed by atoms with Crippen molar-refractivity contribution in [2.75, 3.05) is 6.61 Å². The van der Waals surface area contributed by atoms with Crippen LogP contribution in [-0.4, -0.2) is 19.1 Å². The van der Waals surface area contributed by atoms with Crippen molar-refractivity contribution < 1.29 is 23.0 Å². The number of halogens is 2. The first-order chi connectivity index (χ1) is 11.6. The Morgan fingerprint density at radius 3 is 2.42 bits per heavy atom. The summed E-state index contributed by atoms with van der Waals surface area (Å²) in [5.74, 6) is 0.309. The zero-order valence-corrected chi connectivity index (χ0v) is 13.2. The number of ether oxygens (including phenoxy) is 2. The van der Waals surface area contributed by atoms with Crippen molar-refractivity contribution in [1.82, 2.24) is 5.32 Å². The van der Waals surface area contributed by atoms with Crippen LogP contribution in [0.15, 0.2) is 54.6 Å². The number of rotatable bonds is 8. The number of benzene rings is 2. The molecule has 0 aliphatic heterocycles. The molecule has 1 unspecified atom stereocenters. The monoisotopic (exact) mass is 335 g/mol. The molecule has 2 rings (SSSR count). The van der Waals surface area contributed by atoms with Crippen LogP contribution in [0.2, 0.25) is 0 Å². The van der Waals surface area contributed by atoms with Gasteiger partial charge in [-0.3, -0.25) is 4.79 Å². The highest BCUT2D eigenvalue weighted by atomic mass is 19.3. The van der Waals surface area contributed by atoms with Crippen LogP contribution < -0.4 is 14.8 Å². The summed E-state index contributed by atoms with van der Waals surface area (Å²) in [5, 5.41) is 2.78. The molecule has 1 N–H and O–H groups in total. The Bertz CT molecular complexity index is 650. The second-order valence-electron chi connectivity index (χ2n) is 5.05. The van der Waals surface area contributed by atoms with Gasteiger partial charge in [-0.1, -0.05) is 43.3 Å². The minimum absolute atomic E-state index is 0.0589. The lowest BCUT2D eigenvalue weighted by molar-refractivity contribution is -0.123. The van der Waals surface area contributed by atoms with Gasteiger partial charge in [-0.2, -0.15) is 8.78 Å².